The first kappa shape index (κ1) is 11.0. The standard InChI is InChI=1S/C15H12N2/c16-11-14-10-15(17)9-8-13(14)7-6-12-4-2-1-3-5-12/h1-10H,17H2/b7-6+. The summed E-state index contributed by atoms with van der Waals surface area (Å²) in [5.74, 6) is 0. The number of rotatable bonds is 2. The molecule has 0 saturated carbocycles. The number of nitrogens with zero attached hydrogens (tertiary/aromatic N) is 1. The fourth-order valence-electron chi connectivity index (χ4n) is 1.57. The van der Waals surface area contributed by atoms with Gasteiger partial charge in [0.1, 0.15) is 0 Å². The van der Waals surface area contributed by atoms with Crippen molar-refractivity contribution in [1.82, 2.24) is 0 Å². The molecule has 82 valence electrons. The number of nitriles is 1. The van der Waals surface area contributed by atoms with E-state index in [4.69, 9.17) is 11.0 Å². The number of hydrogen-bond donors (Lipinski definition) is 1. The predicted octanol–water partition coefficient (Wildman–Crippen LogP) is 3.31. The first-order valence-electron chi connectivity index (χ1n) is 5.32. The maximum absolute atomic E-state index is 9.00. The fourth-order valence-corrected chi connectivity index (χ4v) is 1.57. The minimum atomic E-state index is 0.595. The van der Waals surface area contributed by atoms with Gasteiger partial charge in [-0.15, -0.1) is 0 Å². The van der Waals surface area contributed by atoms with E-state index < -0.39 is 0 Å². The molecule has 0 radical (unpaired) electrons. The molecule has 0 atom stereocenters. The summed E-state index contributed by atoms with van der Waals surface area (Å²) in [5.41, 5.74) is 8.82. The Bertz CT molecular complexity index is 578. The van der Waals surface area contributed by atoms with Crippen molar-refractivity contribution in [2.24, 2.45) is 0 Å². The second-order valence-corrected chi connectivity index (χ2v) is 3.70. The van der Waals surface area contributed by atoms with Gasteiger partial charge in [0, 0.05) is 5.69 Å². The number of hydrogen-bond acceptors (Lipinski definition) is 2. The molecule has 0 heterocycles. The van der Waals surface area contributed by atoms with E-state index in [-0.39, 0.29) is 0 Å². The van der Waals surface area contributed by atoms with Crippen molar-refractivity contribution in [3.8, 4) is 6.07 Å². The molecule has 0 unspecified atom stereocenters. The van der Waals surface area contributed by atoms with E-state index in [1.807, 2.05) is 48.6 Å². The third-order valence-corrected chi connectivity index (χ3v) is 2.45. The Morgan fingerprint density at radius 1 is 1.00 bits per heavy atom. The smallest absolute Gasteiger partial charge is 0.0998 e. The van der Waals surface area contributed by atoms with Gasteiger partial charge in [-0.25, -0.2) is 0 Å². The molecule has 0 aliphatic carbocycles. The molecule has 0 aliphatic rings. The first-order chi connectivity index (χ1) is 8.29. The second kappa shape index (κ2) is 5.00. The lowest BCUT2D eigenvalue weighted by Gasteiger charge is -1.99. The summed E-state index contributed by atoms with van der Waals surface area (Å²) in [5, 5.41) is 9.00. The zero-order chi connectivity index (χ0) is 12.1. The van der Waals surface area contributed by atoms with Gasteiger partial charge in [-0.2, -0.15) is 5.26 Å². The molecular formula is C15H12N2. The predicted molar refractivity (Wildman–Crippen MR) is 70.9 cm³/mol. The van der Waals surface area contributed by atoms with Crippen LogP contribution in [0.5, 0.6) is 0 Å². The normalized spacial score (nSPS) is 10.3. The number of nitrogen functional groups attached to an aromatic ring is 1. The molecule has 0 amide bonds. The maximum Gasteiger partial charge on any atom is 0.0998 e. The van der Waals surface area contributed by atoms with Gasteiger partial charge in [0.25, 0.3) is 0 Å². The molecule has 17 heavy (non-hydrogen) atoms. The quantitative estimate of drug-likeness (QED) is 0.623. The SMILES string of the molecule is N#Cc1cc(N)ccc1/C=C/c1ccccc1. The van der Waals surface area contributed by atoms with Gasteiger partial charge in [-0.1, -0.05) is 48.6 Å². The molecule has 0 spiro atoms. The summed E-state index contributed by atoms with van der Waals surface area (Å²) in [6, 6.07) is 17.4. The molecule has 2 nitrogen and oxygen atoms in total. The Morgan fingerprint density at radius 2 is 1.76 bits per heavy atom. The number of benzene rings is 2. The Hall–Kier alpha value is -2.53. The van der Waals surface area contributed by atoms with Crippen molar-refractivity contribution in [3.05, 3.63) is 65.2 Å². The van der Waals surface area contributed by atoms with Crippen LogP contribution in [0.3, 0.4) is 0 Å². The van der Waals surface area contributed by atoms with Gasteiger partial charge in [-0.3, -0.25) is 0 Å². The zero-order valence-corrected chi connectivity index (χ0v) is 9.30. The summed E-state index contributed by atoms with van der Waals surface area (Å²) in [6.07, 6.45) is 3.90. The van der Waals surface area contributed by atoms with Gasteiger partial charge < -0.3 is 5.73 Å². The molecule has 0 fully saturated rings. The lowest BCUT2D eigenvalue weighted by molar-refractivity contribution is 1.47. The highest BCUT2D eigenvalue weighted by Crippen LogP contribution is 2.15. The monoisotopic (exact) mass is 220 g/mol. The van der Waals surface area contributed by atoms with Crippen LogP contribution in [-0.2, 0) is 0 Å². The topological polar surface area (TPSA) is 49.8 Å². The lowest BCUT2D eigenvalue weighted by Crippen LogP contribution is -1.88. The van der Waals surface area contributed by atoms with Crippen LogP contribution in [-0.4, -0.2) is 0 Å². The van der Waals surface area contributed by atoms with E-state index in [9.17, 15) is 0 Å². The minimum absolute atomic E-state index is 0.595. The van der Waals surface area contributed by atoms with E-state index in [2.05, 4.69) is 6.07 Å². The van der Waals surface area contributed by atoms with E-state index in [1.54, 1.807) is 12.1 Å². The van der Waals surface area contributed by atoms with Crippen LogP contribution in [0.15, 0.2) is 48.5 Å². The summed E-state index contributed by atoms with van der Waals surface area (Å²) in [6.45, 7) is 0. The van der Waals surface area contributed by atoms with Crippen molar-refractivity contribution in [2.75, 3.05) is 5.73 Å². The van der Waals surface area contributed by atoms with Gasteiger partial charge in [-0.05, 0) is 23.3 Å². The summed E-state index contributed by atoms with van der Waals surface area (Å²) in [7, 11) is 0. The molecule has 0 aliphatic heterocycles. The van der Waals surface area contributed by atoms with E-state index in [0.717, 1.165) is 11.1 Å². The molecule has 0 aromatic heterocycles. The highest BCUT2D eigenvalue weighted by molar-refractivity contribution is 5.73. The van der Waals surface area contributed by atoms with Gasteiger partial charge in [0.2, 0.25) is 0 Å². The van der Waals surface area contributed by atoms with Crippen LogP contribution >= 0.6 is 0 Å². The summed E-state index contributed by atoms with van der Waals surface area (Å²) in [4.78, 5) is 0. The molecule has 2 aromatic carbocycles. The maximum atomic E-state index is 9.00. The third-order valence-electron chi connectivity index (χ3n) is 2.45. The van der Waals surface area contributed by atoms with Crippen molar-refractivity contribution < 1.29 is 0 Å². The van der Waals surface area contributed by atoms with Gasteiger partial charge in [0.15, 0.2) is 0 Å². The molecule has 2 aromatic rings. The Labute approximate surface area is 101 Å². The molecule has 0 saturated heterocycles. The largest absolute Gasteiger partial charge is 0.399 e. The Balaban J connectivity index is 2.31. The molecular weight excluding hydrogens is 208 g/mol. The number of anilines is 1. The molecule has 2 rings (SSSR count). The highest BCUT2D eigenvalue weighted by Gasteiger charge is 1.98. The summed E-state index contributed by atoms with van der Waals surface area (Å²) >= 11 is 0. The van der Waals surface area contributed by atoms with Gasteiger partial charge >= 0.3 is 0 Å². The van der Waals surface area contributed by atoms with Crippen molar-refractivity contribution in [3.63, 3.8) is 0 Å². The van der Waals surface area contributed by atoms with E-state index in [1.165, 1.54) is 0 Å². The van der Waals surface area contributed by atoms with Crippen molar-refractivity contribution in [1.29, 1.82) is 5.26 Å². The van der Waals surface area contributed by atoms with Gasteiger partial charge in [0.05, 0.1) is 11.6 Å². The number of nitrogens with two attached hydrogens (primary N) is 1. The average molecular weight is 220 g/mol. The zero-order valence-electron chi connectivity index (χ0n) is 9.30. The summed E-state index contributed by atoms with van der Waals surface area (Å²) < 4.78 is 0. The third kappa shape index (κ3) is 2.73. The first-order valence-corrected chi connectivity index (χ1v) is 5.32. The van der Waals surface area contributed by atoms with E-state index >= 15 is 0 Å². The molecule has 0 bridgehead atoms. The molecule has 2 N–H and O–H groups in total. The lowest BCUT2D eigenvalue weighted by atomic mass is 10.1. The Morgan fingerprint density at radius 3 is 2.47 bits per heavy atom. The second-order valence-electron chi connectivity index (χ2n) is 3.70. The van der Waals surface area contributed by atoms with Crippen LogP contribution in [0.25, 0.3) is 12.2 Å². The highest BCUT2D eigenvalue weighted by atomic mass is 14.5. The van der Waals surface area contributed by atoms with Crippen LogP contribution < -0.4 is 5.73 Å². The minimum Gasteiger partial charge on any atom is -0.399 e. The van der Waals surface area contributed by atoms with Crippen molar-refractivity contribution >= 4 is 17.8 Å². The van der Waals surface area contributed by atoms with Crippen LogP contribution in [0, 0.1) is 11.3 Å². The van der Waals surface area contributed by atoms with Crippen LogP contribution in [0.1, 0.15) is 16.7 Å². The van der Waals surface area contributed by atoms with Crippen LogP contribution in [0.2, 0.25) is 0 Å². The van der Waals surface area contributed by atoms with Crippen molar-refractivity contribution in [2.45, 2.75) is 0 Å². The molecule has 2 heteroatoms. The van der Waals surface area contributed by atoms with Crippen LogP contribution in [0.4, 0.5) is 5.69 Å². The fraction of sp³-hybridized carbons (Fsp3) is 0. The average Bonchev–Trinajstić information content (AvgIpc) is 2.38. The van der Waals surface area contributed by atoms with E-state index in [0.29, 0.717) is 11.3 Å². The Kier molecular flexibility index (Phi) is 3.23.